The normalized spacial score (nSPS) is 13.5. The third-order valence-electron chi connectivity index (χ3n) is 2.13. The van der Waals surface area contributed by atoms with Crippen LogP contribution in [0.25, 0.3) is 5.65 Å². The van der Waals surface area contributed by atoms with E-state index in [0.717, 1.165) is 11.3 Å². The number of aromatic nitrogens is 2. The van der Waals surface area contributed by atoms with E-state index < -0.39 is 6.10 Å². The lowest BCUT2D eigenvalue weighted by atomic mass is 10.3. The van der Waals surface area contributed by atoms with Crippen LogP contribution >= 0.6 is 0 Å². The van der Waals surface area contributed by atoms with Crippen LogP contribution in [0, 0.1) is 6.92 Å². The molecule has 0 amide bonds. The van der Waals surface area contributed by atoms with Crippen LogP contribution in [0.1, 0.15) is 24.3 Å². The molecule has 0 saturated carbocycles. The van der Waals surface area contributed by atoms with E-state index in [1.54, 1.807) is 13.1 Å². The number of fused-ring (bicyclic) bond motifs is 1. The summed E-state index contributed by atoms with van der Waals surface area (Å²) in [6, 6.07) is 3.99. The third kappa shape index (κ3) is 1.31. The second-order valence-electron chi connectivity index (χ2n) is 3.29. The maximum Gasteiger partial charge on any atom is 0.137 e. The van der Waals surface area contributed by atoms with Crippen LogP contribution in [0.2, 0.25) is 0 Å². The molecular weight excluding hydrogens is 164 g/mol. The zero-order chi connectivity index (χ0) is 9.42. The Balaban J connectivity index is 2.69. The summed E-state index contributed by atoms with van der Waals surface area (Å²) in [5.41, 5.74) is 2.89. The minimum Gasteiger partial charge on any atom is -0.387 e. The summed E-state index contributed by atoms with van der Waals surface area (Å²) in [5, 5.41) is 9.42. The van der Waals surface area contributed by atoms with Gasteiger partial charge in [-0.1, -0.05) is 0 Å². The van der Waals surface area contributed by atoms with Crippen LogP contribution in [0.15, 0.2) is 24.5 Å². The number of rotatable bonds is 1. The van der Waals surface area contributed by atoms with E-state index >= 15 is 0 Å². The molecule has 2 rings (SSSR count). The van der Waals surface area contributed by atoms with Gasteiger partial charge in [-0.2, -0.15) is 0 Å². The molecule has 0 bridgehead atoms. The molecule has 0 fully saturated rings. The number of hydrogen-bond acceptors (Lipinski definition) is 2. The van der Waals surface area contributed by atoms with Gasteiger partial charge in [-0.05, 0) is 31.5 Å². The molecule has 0 radical (unpaired) electrons. The SMILES string of the molecule is Cc1ccn2c(C(C)O)cnc2c1. The Kier molecular flexibility index (Phi) is 1.81. The number of aryl methyl sites for hydroxylation is 1. The molecule has 0 aliphatic rings. The highest BCUT2D eigenvalue weighted by atomic mass is 16.3. The van der Waals surface area contributed by atoms with E-state index in [9.17, 15) is 5.11 Å². The first-order valence-electron chi connectivity index (χ1n) is 4.30. The zero-order valence-electron chi connectivity index (χ0n) is 7.73. The van der Waals surface area contributed by atoms with Crippen LogP contribution in [0.3, 0.4) is 0 Å². The van der Waals surface area contributed by atoms with Gasteiger partial charge >= 0.3 is 0 Å². The molecule has 68 valence electrons. The summed E-state index contributed by atoms with van der Waals surface area (Å²) in [6.45, 7) is 3.76. The molecule has 1 N–H and O–H groups in total. The van der Waals surface area contributed by atoms with Crippen molar-refractivity contribution >= 4 is 5.65 Å². The van der Waals surface area contributed by atoms with E-state index in [1.807, 2.05) is 29.7 Å². The van der Waals surface area contributed by atoms with Gasteiger partial charge in [0.05, 0.1) is 18.0 Å². The van der Waals surface area contributed by atoms with Crippen LogP contribution < -0.4 is 0 Å². The van der Waals surface area contributed by atoms with Gasteiger partial charge in [-0.15, -0.1) is 0 Å². The lowest BCUT2D eigenvalue weighted by molar-refractivity contribution is 0.193. The first-order chi connectivity index (χ1) is 6.18. The van der Waals surface area contributed by atoms with Crippen LogP contribution in [-0.2, 0) is 0 Å². The Hall–Kier alpha value is -1.35. The maximum atomic E-state index is 9.42. The van der Waals surface area contributed by atoms with Gasteiger partial charge in [0.25, 0.3) is 0 Å². The van der Waals surface area contributed by atoms with Gasteiger partial charge in [0.1, 0.15) is 5.65 Å². The Morgan fingerprint density at radius 1 is 1.54 bits per heavy atom. The van der Waals surface area contributed by atoms with Crippen molar-refractivity contribution in [3.05, 3.63) is 35.8 Å². The Bertz CT molecular complexity index is 431. The van der Waals surface area contributed by atoms with E-state index in [1.165, 1.54) is 5.56 Å². The lowest BCUT2D eigenvalue weighted by Gasteiger charge is -2.03. The summed E-state index contributed by atoms with van der Waals surface area (Å²) in [4.78, 5) is 4.20. The number of aliphatic hydroxyl groups excluding tert-OH is 1. The summed E-state index contributed by atoms with van der Waals surface area (Å²) >= 11 is 0. The minimum absolute atomic E-state index is 0.474. The molecule has 2 aromatic heterocycles. The van der Waals surface area contributed by atoms with Gasteiger partial charge in [-0.3, -0.25) is 0 Å². The fourth-order valence-corrected chi connectivity index (χ4v) is 1.41. The largest absolute Gasteiger partial charge is 0.387 e. The predicted molar refractivity (Wildman–Crippen MR) is 50.6 cm³/mol. The summed E-state index contributed by atoms with van der Waals surface area (Å²) in [6.07, 6.45) is 3.16. The molecule has 1 unspecified atom stereocenters. The third-order valence-corrected chi connectivity index (χ3v) is 2.13. The van der Waals surface area contributed by atoms with Crippen molar-refractivity contribution in [3.63, 3.8) is 0 Å². The average Bonchev–Trinajstić information content (AvgIpc) is 2.46. The molecule has 1 atom stereocenters. The van der Waals surface area contributed by atoms with Crippen molar-refractivity contribution in [2.75, 3.05) is 0 Å². The van der Waals surface area contributed by atoms with Gasteiger partial charge in [-0.25, -0.2) is 4.98 Å². The molecular formula is C10H12N2O. The highest BCUT2D eigenvalue weighted by molar-refractivity contribution is 5.43. The molecule has 0 saturated heterocycles. The minimum atomic E-state index is -0.474. The molecule has 0 aliphatic carbocycles. The Morgan fingerprint density at radius 2 is 2.31 bits per heavy atom. The molecule has 3 nitrogen and oxygen atoms in total. The Morgan fingerprint density at radius 3 is 3.00 bits per heavy atom. The Labute approximate surface area is 76.7 Å². The molecule has 13 heavy (non-hydrogen) atoms. The van der Waals surface area contributed by atoms with E-state index in [-0.39, 0.29) is 0 Å². The quantitative estimate of drug-likeness (QED) is 0.718. The summed E-state index contributed by atoms with van der Waals surface area (Å²) < 4.78 is 1.90. The topological polar surface area (TPSA) is 37.5 Å². The van der Waals surface area contributed by atoms with Crippen molar-refractivity contribution in [2.45, 2.75) is 20.0 Å². The maximum absolute atomic E-state index is 9.42. The fourth-order valence-electron chi connectivity index (χ4n) is 1.41. The highest BCUT2D eigenvalue weighted by Crippen LogP contribution is 2.14. The fraction of sp³-hybridized carbons (Fsp3) is 0.300. The molecule has 0 aliphatic heterocycles. The van der Waals surface area contributed by atoms with Gasteiger partial charge in [0.15, 0.2) is 0 Å². The highest BCUT2D eigenvalue weighted by Gasteiger charge is 2.07. The number of nitrogens with zero attached hydrogens (tertiary/aromatic N) is 2. The zero-order valence-corrected chi connectivity index (χ0v) is 7.73. The van der Waals surface area contributed by atoms with Crippen molar-refractivity contribution in [1.82, 2.24) is 9.38 Å². The molecule has 2 aromatic rings. The number of pyridine rings is 1. The number of hydrogen-bond donors (Lipinski definition) is 1. The molecule has 0 aromatic carbocycles. The van der Waals surface area contributed by atoms with Gasteiger partial charge < -0.3 is 9.51 Å². The predicted octanol–water partition coefficient (Wildman–Crippen LogP) is 1.70. The van der Waals surface area contributed by atoms with E-state index in [4.69, 9.17) is 0 Å². The second-order valence-corrected chi connectivity index (χ2v) is 3.29. The van der Waals surface area contributed by atoms with E-state index in [0.29, 0.717) is 0 Å². The van der Waals surface area contributed by atoms with Gasteiger partial charge in [0, 0.05) is 6.20 Å². The first-order valence-corrected chi connectivity index (χ1v) is 4.30. The van der Waals surface area contributed by atoms with E-state index in [2.05, 4.69) is 4.98 Å². The molecule has 2 heterocycles. The van der Waals surface area contributed by atoms with Crippen molar-refractivity contribution < 1.29 is 5.11 Å². The van der Waals surface area contributed by atoms with Crippen molar-refractivity contribution in [2.24, 2.45) is 0 Å². The lowest BCUT2D eigenvalue weighted by Crippen LogP contribution is -1.96. The van der Waals surface area contributed by atoms with Crippen LogP contribution in [0.5, 0.6) is 0 Å². The summed E-state index contributed by atoms with van der Waals surface area (Å²) in [7, 11) is 0. The smallest absolute Gasteiger partial charge is 0.137 e. The molecule has 3 heteroatoms. The van der Waals surface area contributed by atoms with Crippen molar-refractivity contribution in [3.8, 4) is 0 Å². The standard InChI is InChI=1S/C10H12N2O/c1-7-3-4-12-9(8(2)13)6-11-10(12)5-7/h3-6,8,13H,1-2H3. The average molecular weight is 176 g/mol. The number of aliphatic hydroxyl groups is 1. The monoisotopic (exact) mass is 176 g/mol. The van der Waals surface area contributed by atoms with Crippen molar-refractivity contribution in [1.29, 1.82) is 0 Å². The van der Waals surface area contributed by atoms with Crippen LogP contribution in [-0.4, -0.2) is 14.5 Å². The van der Waals surface area contributed by atoms with Crippen LogP contribution in [0.4, 0.5) is 0 Å². The number of imidazole rings is 1. The second kappa shape index (κ2) is 2.85. The van der Waals surface area contributed by atoms with Gasteiger partial charge in [0.2, 0.25) is 0 Å². The summed E-state index contributed by atoms with van der Waals surface area (Å²) in [5.74, 6) is 0. The molecule has 0 spiro atoms. The first kappa shape index (κ1) is 8.26.